The van der Waals surface area contributed by atoms with Gasteiger partial charge in [0.25, 0.3) is 0 Å². The standard InChI is InChI=1S/C4H11N.C3H8NO4P/c1-3-5-4-2;1-2-8-9(6,7)3(4)5/h5H,3-4H2,1-2H3;2H2,1H3,(H2,4,5)(H,6,7). The minimum atomic E-state index is -4.13. The molecule has 0 radical (unpaired) electrons. The number of primary amides is 1. The number of carbonyl (C=O) groups is 1. The van der Waals surface area contributed by atoms with Crippen LogP contribution in [0.4, 0.5) is 4.79 Å². The Bertz CT molecular complexity index is 196. The lowest BCUT2D eigenvalue weighted by molar-refractivity contribution is 0.240. The second-order valence-corrected chi connectivity index (χ2v) is 3.97. The van der Waals surface area contributed by atoms with E-state index in [1.54, 1.807) is 0 Å². The summed E-state index contributed by atoms with van der Waals surface area (Å²) in [6.45, 7) is 7.88. The molecule has 0 saturated carbocycles. The van der Waals surface area contributed by atoms with E-state index < -0.39 is 13.2 Å². The molecule has 0 heterocycles. The van der Waals surface area contributed by atoms with Gasteiger partial charge in [0.15, 0.2) is 0 Å². The zero-order valence-corrected chi connectivity index (χ0v) is 9.71. The molecule has 0 aliphatic carbocycles. The first-order valence-corrected chi connectivity index (χ1v) is 5.98. The summed E-state index contributed by atoms with van der Waals surface area (Å²) in [6.07, 6.45) is 0. The highest BCUT2D eigenvalue weighted by Crippen LogP contribution is 2.40. The van der Waals surface area contributed by atoms with Gasteiger partial charge in [-0.3, -0.25) is 4.79 Å². The van der Waals surface area contributed by atoms with Gasteiger partial charge in [0.05, 0.1) is 6.61 Å². The quantitative estimate of drug-likeness (QED) is 0.604. The molecule has 4 N–H and O–H groups in total. The average molecular weight is 226 g/mol. The predicted octanol–water partition coefficient (Wildman–Crippen LogP) is 0.903. The van der Waals surface area contributed by atoms with Crippen molar-refractivity contribution < 1.29 is 18.8 Å². The van der Waals surface area contributed by atoms with Crippen molar-refractivity contribution in [2.24, 2.45) is 5.73 Å². The zero-order chi connectivity index (χ0) is 11.6. The number of nitrogens with two attached hydrogens (primary N) is 1. The van der Waals surface area contributed by atoms with Crippen LogP contribution in [-0.2, 0) is 9.09 Å². The lowest BCUT2D eigenvalue weighted by Crippen LogP contribution is -2.10. The summed E-state index contributed by atoms with van der Waals surface area (Å²) >= 11 is 0. The van der Waals surface area contributed by atoms with Crippen LogP contribution in [0, 0.1) is 0 Å². The third-order valence-electron chi connectivity index (χ3n) is 1.08. The third-order valence-corrected chi connectivity index (χ3v) is 2.25. The highest BCUT2D eigenvalue weighted by atomic mass is 31.2. The molecule has 0 aromatic heterocycles. The van der Waals surface area contributed by atoms with Crippen molar-refractivity contribution in [3.8, 4) is 0 Å². The van der Waals surface area contributed by atoms with Crippen LogP contribution < -0.4 is 11.1 Å². The Kier molecular flexibility index (Phi) is 10.5. The molecular formula is C7H19N2O4P. The van der Waals surface area contributed by atoms with Crippen molar-refractivity contribution in [3.63, 3.8) is 0 Å². The van der Waals surface area contributed by atoms with E-state index in [-0.39, 0.29) is 6.61 Å². The van der Waals surface area contributed by atoms with Crippen molar-refractivity contribution in [1.82, 2.24) is 5.32 Å². The molecule has 0 fully saturated rings. The Hall–Kier alpha value is -0.420. The highest BCUT2D eigenvalue weighted by Gasteiger charge is 2.26. The van der Waals surface area contributed by atoms with Gasteiger partial charge >= 0.3 is 13.2 Å². The number of carbonyl (C=O) groups excluding carboxylic acids is 1. The van der Waals surface area contributed by atoms with E-state index in [9.17, 15) is 9.36 Å². The number of hydrogen-bond donors (Lipinski definition) is 3. The molecular weight excluding hydrogens is 207 g/mol. The zero-order valence-electron chi connectivity index (χ0n) is 8.82. The van der Waals surface area contributed by atoms with E-state index in [0.29, 0.717) is 0 Å². The summed E-state index contributed by atoms with van der Waals surface area (Å²) in [5.74, 6) is 0. The smallest absolute Gasteiger partial charge is 0.359 e. The fraction of sp³-hybridized carbons (Fsp3) is 0.857. The molecule has 0 rings (SSSR count). The molecule has 1 atom stereocenters. The summed E-state index contributed by atoms with van der Waals surface area (Å²) in [4.78, 5) is 18.4. The molecule has 6 nitrogen and oxygen atoms in total. The van der Waals surface area contributed by atoms with Crippen molar-refractivity contribution in [1.29, 1.82) is 0 Å². The van der Waals surface area contributed by atoms with Gasteiger partial charge in [-0.1, -0.05) is 13.8 Å². The summed E-state index contributed by atoms with van der Waals surface area (Å²) < 4.78 is 14.5. The van der Waals surface area contributed by atoms with Crippen LogP contribution in [0.2, 0.25) is 0 Å². The van der Waals surface area contributed by atoms with Gasteiger partial charge in [-0.25, -0.2) is 4.57 Å². The third kappa shape index (κ3) is 9.67. The van der Waals surface area contributed by atoms with Gasteiger partial charge in [0.1, 0.15) is 0 Å². The van der Waals surface area contributed by atoms with Crippen LogP contribution >= 0.6 is 7.60 Å². The maximum Gasteiger partial charge on any atom is 0.415 e. The Morgan fingerprint density at radius 2 is 1.86 bits per heavy atom. The average Bonchev–Trinajstić information content (AvgIpc) is 2.06. The van der Waals surface area contributed by atoms with Crippen LogP contribution in [0.1, 0.15) is 20.8 Å². The molecule has 0 aromatic carbocycles. The first-order valence-electron chi connectivity index (χ1n) is 4.40. The molecule has 1 amide bonds. The van der Waals surface area contributed by atoms with Crippen LogP contribution in [0.15, 0.2) is 0 Å². The van der Waals surface area contributed by atoms with Crippen LogP contribution in [0.25, 0.3) is 0 Å². The van der Waals surface area contributed by atoms with E-state index in [1.165, 1.54) is 6.92 Å². The van der Waals surface area contributed by atoms with Crippen molar-refractivity contribution in [3.05, 3.63) is 0 Å². The first kappa shape index (κ1) is 16.0. The fourth-order valence-corrected chi connectivity index (χ4v) is 0.966. The van der Waals surface area contributed by atoms with Gasteiger partial charge in [-0.05, 0) is 20.0 Å². The molecule has 86 valence electrons. The highest BCUT2D eigenvalue weighted by molar-refractivity contribution is 7.70. The number of hydrogen-bond acceptors (Lipinski definition) is 4. The number of rotatable bonds is 5. The summed E-state index contributed by atoms with van der Waals surface area (Å²) in [7, 11) is -4.13. The topological polar surface area (TPSA) is 102 Å². The predicted molar refractivity (Wildman–Crippen MR) is 55.3 cm³/mol. The molecule has 0 aromatic rings. The molecule has 0 spiro atoms. The van der Waals surface area contributed by atoms with E-state index >= 15 is 0 Å². The maximum absolute atomic E-state index is 10.4. The Morgan fingerprint density at radius 3 is 1.93 bits per heavy atom. The summed E-state index contributed by atoms with van der Waals surface area (Å²) in [5, 5.41) is 3.11. The SMILES string of the molecule is CCNCC.CCOP(=O)(O)C(N)=O. The maximum atomic E-state index is 10.4. The van der Waals surface area contributed by atoms with Gasteiger partial charge in [-0.2, -0.15) is 0 Å². The Balaban J connectivity index is 0. The summed E-state index contributed by atoms with van der Waals surface area (Å²) in [5.41, 5.74) is 3.16. The van der Waals surface area contributed by atoms with Gasteiger partial charge in [0.2, 0.25) is 0 Å². The normalized spacial score (nSPS) is 13.7. The largest absolute Gasteiger partial charge is 0.415 e. The van der Waals surface area contributed by atoms with E-state index in [0.717, 1.165) is 13.1 Å². The van der Waals surface area contributed by atoms with Crippen molar-refractivity contribution >= 4 is 13.2 Å². The van der Waals surface area contributed by atoms with Gasteiger partial charge in [-0.15, -0.1) is 0 Å². The molecule has 0 aliphatic rings. The Morgan fingerprint density at radius 1 is 1.43 bits per heavy atom. The molecule has 14 heavy (non-hydrogen) atoms. The van der Waals surface area contributed by atoms with Crippen LogP contribution in [0.3, 0.4) is 0 Å². The molecule has 0 saturated heterocycles. The molecule has 0 aliphatic heterocycles. The van der Waals surface area contributed by atoms with E-state index in [4.69, 9.17) is 4.89 Å². The van der Waals surface area contributed by atoms with E-state index in [2.05, 4.69) is 29.4 Å². The fourth-order valence-electron chi connectivity index (χ4n) is 0.489. The molecule has 0 bridgehead atoms. The minimum Gasteiger partial charge on any atom is -0.359 e. The summed E-state index contributed by atoms with van der Waals surface area (Å²) in [6, 6.07) is 0. The molecule has 7 heteroatoms. The first-order chi connectivity index (χ1) is 6.42. The van der Waals surface area contributed by atoms with Crippen LogP contribution in [0.5, 0.6) is 0 Å². The van der Waals surface area contributed by atoms with Crippen LogP contribution in [-0.4, -0.2) is 30.2 Å². The van der Waals surface area contributed by atoms with Crippen molar-refractivity contribution in [2.45, 2.75) is 20.8 Å². The monoisotopic (exact) mass is 226 g/mol. The number of nitrogens with one attached hydrogen (secondary N) is 1. The van der Waals surface area contributed by atoms with Gasteiger partial charge < -0.3 is 20.5 Å². The molecule has 1 unspecified atom stereocenters. The lowest BCUT2D eigenvalue weighted by Gasteiger charge is -2.03. The second kappa shape index (κ2) is 9.15. The van der Waals surface area contributed by atoms with Gasteiger partial charge in [0, 0.05) is 0 Å². The minimum absolute atomic E-state index is 0.00326. The van der Waals surface area contributed by atoms with E-state index in [1.807, 2.05) is 0 Å². The van der Waals surface area contributed by atoms with Crippen molar-refractivity contribution in [2.75, 3.05) is 19.7 Å². The second-order valence-electron chi connectivity index (χ2n) is 2.23. The number of amides is 1. The Labute approximate surface area is 84.4 Å². The lowest BCUT2D eigenvalue weighted by atomic mass is 10.7.